The predicted octanol–water partition coefficient (Wildman–Crippen LogP) is 3.45. The Morgan fingerprint density at radius 3 is 2.94 bits per heavy atom. The molecule has 0 N–H and O–H groups in total. The number of hydrogen-bond donors (Lipinski definition) is 0. The van der Waals surface area contributed by atoms with Gasteiger partial charge in [0.1, 0.15) is 5.78 Å². The molecule has 2 rings (SSSR count). The summed E-state index contributed by atoms with van der Waals surface area (Å²) in [6, 6.07) is 0. The van der Waals surface area contributed by atoms with E-state index in [2.05, 4.69) is 17.1 Å². The first-order valence-electron chi connectivity index (χ1n) is 6.95. The maximum atomic E-state index is 11.3. The van der Waals surface area contributed by atoms with Gasteiger partial charge in [0.25, 0.3) is 0 Å². The van der Waals surface area contributed by atoms with Crippen molar-refractivity contribution >= 4 is 5.78 Å². The SMILES string of the molecule is CCC1CCCC(c2noc(C(C)C(C)=O)n2)C1. The zero-order valence-electron chi connectivity index (χ0n) is 11.5. The van der Waals surface area contributed by atoms with Gasteiger partial charge in [-0.2, -0.15) is 4.98 Å². The molecule has 1 saturated carbocycles. The third kappa shape index (κ3) is 2.79. The molecule has 1 aromatic heterocycles. The zero-order chi connectivity index (χ0) is 13.1. The normalized spacial score (nSPS) is 25.9. The smallest absolute Gasteiger partial charge is 0.236 e. The van der Waals surface area contributed by atoms with Crippen molar-refractivity contribution in [2.75, 3.05) is 0 Å². The Morgan fingerprint density at radius 2 is 2.28 bits per heavy atom. The van der Waals surface area contributed by atoms with E-state index >= 15 is 0 Å². The van der Waals surface area contributed by atoms with Crippen LogP contribution in [0.15, 0.2) is 4.52 Å². The summed E-state index contributed by atoms with van der Waals surface area (Å²) in [6.07, 6.45) is 6.09. The number of hydrogen-bond acceptors (Lipinski definition) is 4. The average Bonchev–Trinajstić information content (AvgIpc) is 2.87. The summed E-state index contributed by atoms with van der Waals surface area (Å²) in [5.74, 6) is 2.26. The van der Waals surface area contributed by atoms with Gasteiger partial charge < -0.3 is 4.52 Å². The quantitative estimate of drug-likeness (QED) is 0.821. The van der Waals surface area contributed by atoms with Gasteiger partial charge in [0.15, 0.2) is 5.82 Å². The number of nitrogens with zero attached hydrogens (tertiary/aromatic N) is 2. The second-order valence-electron chi connectivity index (χ2n) is 5.46. The molecule has 1 fully saturated rings. The highest BCUT2D eigenvalue weighted by molar-refractivity contribution is 5.81. The fourth-order valence-electron chi connectivity index (χ4n) is 2.66. The van der Waals surface area contributed by atoms with Crippen molar-refractivity contribution in [2.45, 2.75) is 64.7 Å². The third-order valence-electron chi connectivity index (χ3n) is 4.16. The molecule has 3 unspecified atom stereocenters. The summed E-state index contributed by atoms with van der Waals surface area (Å²) >= 11 is 0. The summed E-state index contributed by atoms with van der Waals surface area (Å²) in [4.78, 5) is 15.7. The zero-order valence-corrected chi connectivity index (χ0v) is 11.5. The maximum absolute atomic E-state index is 11.3. The Kier molecular flexibility index (Phi) is 4.15. The molecule has 0 spiro atoms. The van der Waals surface area contributed by atoms with Crippen LogP contribution in [0.25, 0.3) is 0 Å². The fraction of sp³-hybridized carbons (Fsp3) is 0.786. The largest absolute Gasteiger partial charge is 0.339 e. The lowest BCUT2D eigenvalue weighted by atomic mass is 9.80. The number of carbonyl (C=O) groups is 1. The summed E-state index contributed by atoms with van der Waals surface area (Å²) in [6.45, 7) is 5.62. The van der Waals surface area contributed by atoms with Crippen LogP contribution in [0.5, 0.6) is 0 Å². The molecule has 4 heteroatoms. The van der Waals surface area contributed by atoms with Crippen LogP contribution < -0.4 is 0 Å². The second-order valence-corrected chi connectivity index (χ2v) is 5.46. The van der Waals surface area contributed by atoms with Gasteiger partial charge in [-0.3, -0.25) is 4.79 Å². The lowest BCUT2D eigenvalue weighted by molar-refractivity contribution is -0.118. The van der Waals surface area contributed by atoms with Gasteiger partial charge >= 0.3 is 0 Å². The Labute approximate surface area is 108 Å². The van der Waals surface area contributed by atoms with Crippen LogP contribution in [0, 0.1) is 5.92 Å². The van der Waals surface area contributed by atoms with Crippen LogP contribution in [0.4, 0.5) is 0 Å². The first-order chi connectivity index (χ1) is 8.61. The van der Waals surface area contributed by atoms with Gasteiger partial charge in [-0.1, -0.05) is 31.3 Å². The van der Waals surface area contributed by atoms with E-state index in [1.165, 1.54) is 19.3 Å². The van der Waals surface area contributed by atoms with E-state index in [9.17, 15) is 4.79 Å². The predicted molar refractivity (Wildman–Crippen MR) is 68.4 cm³/mol. The molecule has 0 aromatic carbocycles. The Hall–Kier alpha value is -1.19. The summed E-state index contributed by atoms with van der Waals surface area (Å²) in [5, 5.41) is 4.07. The minimum atomic E-state index is -0.281. The topological polar surface area (TPSA) is 56.0 Å². The molecule has 1 heterocycles. The first kappa shape index (κ1) is 13.2. The molecule has 0 aliphatic heterocycles. The number of Topliss-reactive ketones (excluding diaryl/α,β-unsaturated/α-hetero) is 1. The molecular weight excluding hydrogens is 228 g/mol. The monoisotopic (exact) mass is 250 g/mol. The van der Waals surface area contributed by atoms with Gasteiger partial charge in [-0.25, -0.2) is 0 Å². The molecule has 1 aromatic rings. The standard InChI is InChI=1S/C14H22N2O2/c1-4-11-6-5-7-12(8-11)13-15-14(18-16-13)9(2)10(3)17/h9,11-12H,4-8H2,1-3H3. The Bertz CT molecular complexity index is 414. The van der Waals surface area contributed by atoms with Crippen LogP contribution in [-0.2, 0) is 4.79 Å². The van der Waals surface area contributed by atoms with E-state index in [-0.39, 0.29) is 11.7 Å². The van der Waals surface area contributed by atoms with E-state index in [1.807, 2.05) is 6.92 Å². The minimum Gasteiger partial charge on any atom is -0.339 e. The maximum Gasteiger partial charge on any atom is 0.236 e. The van der Waals surface area contributed by atoms with Gasteiger partial charge in [-0.05, 0) is 32.6 Å². The van der Waals surface area contributed by atoms with Crippen LogP contribution >= 0.6 is 0 Å². The van der Waals surface area contributed by atoms with Crippen LogP contribution in [0.1, 0.15) is 76.4 Å². The lowest BCUT2D eigenvalue weighted by Crippen LogP contribution is -2.15. The molecule has 1 aliphatic carbocycles. The Balaban J connectivity index is 2.07. The Morgan fingerprint density at radius 1 is 1.50 bits per heavy atom. The van der Waals surface area contributed by atoms with Crippen molar-refractivity contribution in [3.8, 4) is 0 Å². The summed E-state index contributed by atoms with van der Waals surface area (Å²) in [5.41, 5.74) is 0. The van der Waals surface area contributed by atoms with Crippen molar-refractivity contribution in [3.63, 3.8) is 0 Å². The summed E-state index contributed by atoms with van der Waals surface area (Å²) in [7, 11) is 0. The van der Waals surface area contributed by atoms with E-state index in [0.29, 0.717) is 11.8 Å². The molecule has 0 radical (unpaired) electrons. The van der Waals surface area contributed by atoms with E-state index in [1.54, 1.807) is 6.92 Å². The third-order valence-corrected chi connectivity index (χ3v) is 4.16. The van der Waals surface area contributed by atoms with E-state index < -0.39 is 0 Å². The number of ketones is 1. The molecule has 100 valence electrons. The van der Waals surface area contributed by atoms with Crippen LogP contribution in [0.2, 0.25) is 0 Å². The van der Waals surface area contributed by atoms with Crippen molar-refractivity contribution in [1.29, 1.82) is 0 Å². The van der Waals surface area contributed by atoms with Gasteiger partial charge in [0.05, 0.1) is 5.92 Å². The summed E-state index contributed by atoms with van der Waals surface area (Å²) < 4.78 is 5.23. The van der Waals surface area contributed by atoms with Crippen LogP contribution in [0.3, 0.4) is 0 Å². The van der Waals surface area contributed by atoms with Crippen molar-refractivity contribution in [1.82, 2.24) is 10.1 Å². The molecule has 0 saturated heterocycles. The molecule has 1 aliphatic rings. The van der Waals surface area contributed by atoms with E-state index in [0.717, 1.165) is 24.6 Å². The molecule has 3 atom stereocenters. The number of aromatic nitrogens is 2. The fourth-order valence-corrected chi connectivity index (χ4v) is 2.66. The minimum absolute atomic E-state index is 0.0697. The van der Waals surface area contributed by atoms with Crippen molar-refractivity contribution in [3.05, 3.63) is 11.7 Å². The second kappa shape index (κ2) is 5.63. The highest BCUT2D eigenvalue weighted by Gasteiger charge is 2.27. The molecule has 4 nitrogen and oxygen atoms in total. The number of carbonyl (C=O) groups excluding carboxylic acids is 1. The van der Waals surface area contributed by atoms with E-state index in [4.69, 9.17) is 4.52 Å². The molecule has 0 amide bonds. The first-order valence-corrected chi connectivity index (χ1v) is 6.95. The van der Waals surface area contributed by atoms with Crippen molar-refractivity contribution in [2.24, 2.45) is 5.92 Å². The molecular formula is C14H22N2O2. The number of rotatable bonds is 4. The van der Waals surface area contributed by atoms with Crippen molar-refractivity contribution < 1.29 is 9.32 Å². The average molecular weight is 250 g/mol. The van der Waals surface area contributed by atoms with Gasteiger partial charge in [0, 0.05) is 5.92 Å². The van der Waals surface area contributed by atoms with Gasteiger partial charge in [-0.15, -0.1) is 0 Å². The lowest BCUT2D eigenvalue weighted by Gasteiger charge is -2.26. The molecule has 0 bridgehead atoms. The molecule has 18 heavy (non-hydrogen) atoms. The van der Waals surface area contributed by atoms with Crippen LogP contribution in [-0.4, -0.2) is 15.9 Å². The van der Waals surface area contributed by atoms with Gasteiger partial charge in [0.2, 0.25) is 5.89 Å². The highest BCUT2D eigenvalue weighted by atomic mass is 16.5. The highest BCUT2D eigenvalue weighted by Crippen LogP contribution is 2.36.